The number of anilines is 1. The minimum absolute atomic E-state index is 0.0805. The van der Waals surface area contributed by atoms with Gasteiger partial charge >= 0.3 is 0 Å². The Hall–Kier alpha value is -2.07. The Morgan fingerprint density at radius 3 is 2.41 bits per heavy atom. The Morgan fingerprint density at radius 2 is 1.88 bits per heavy atom. The number of nitrogens with zero attached hydrogens (tertiary/aromatic N) is 2. The van der Waals surface area contributed by atoms with Crippen molar-refractivity contribution in [2.45, 2.75) is 48.8 Å². The Balaban J connectivity index is 1.76. The van der Waals surface area contributed by atoms with Crippen molar-refractivity contribution in [1.29, 1.82) is 0 Å². The number of aliphatic hydroxyl groups is 2. The number of nitrogens with one attached hydrogen (secondary N) is 1. The molecule has 1 aromatic heterocycles. The van der Waals surface area contributed by atoms with E-state index in [0.29, 0.717) is 11.6 Å². The summed E-state index contributed by atoms with van der Waals surface area (Å²) in [6.45, 7) is -0.499. The summed E-state index contributed by atoms with van der Waals surface area (Å²) in [4.78, 5) is 21.2. The second-order valence-corrected chi connectivity index (χ2v) is 10.6. The van der Waals surface area contributed by atoms with Crippen LogP contribution in [0, 0.1) is 5.92 Å². The molecule has 1 saturated carbocycles. The van der Waals surface area contributed by atoms with E-state index in [1.54, 1.807) is 12.1 Å². The summed E-state index contributed by atoms with van der Waals surface area (Å²) in [5.41, 5.74) is 1.29. The topological polar surface area (TPSA) is 129 Å². The van der Waals surface area contributed by atoms with Crippen LogP contribution >= 0.6 is 11.6 Å². The zero-order valence-electron chi connectivity index (χ0n) is 17.9. The van der Waals surface area contributed by atoms with Crippen LogP contribution < -0.4 is 5.32 Å². The summed E-state index contributed by atoms with van der Waals surface area (Å²) in [6, 6.07) is 4.92. The zero-order valence-corrected chi connectivity index (χ0v) is 19.4. The molecule has 3 rings (SSSR count). The highest BCUT2D eigenvalue weighted by Crippen LogP contribution is 2.41. The summed E-state index contributed by atoms with van der Waals surface area (Å²) < 4.78 is 23.8. The van der Waals surface area contributed by atoms with E-state index in [-0.39, 0.29) is 47.2 Å². The van der Waals surface area contributed by atoms with Crippen molar-refractivity contribution in [2.24, 2.45) is 5.92 Å². The number of benzene rings is 1. The van der Waals surface area contributed by atoms with Crippen molar-refractivity contribution < 1.29 is 23.4 Å². The van der Waals surface area contributed by atoms with Crippen molar-refractivity contribution >= 4 is 33.2 Å². The molecule has 1 fully saturated rings. The lowest BCUT2D eigenvalue weighted by Crippen LogP contribution is -2.21. The standard InChI is InChI=1S/C22H28ClN3O5S/c1-32(30,31)20-7-6-15(8-18(20)23)17(14-4-2-3-5-14)9-22(29)26-21-11-24-19(10-25-21)16(12-27)13-28/h6-8,10-11,14,16-17,27-28H,2-5,9,12-13H2,1H3,(H,25,26,29). The van der Waals surface area contributed by atoms with E-state index in [2.05, 4.69) is 15.3 Å². The van der Waals surface area contributed by atoms with E-state index >= 15 is 0 Å². The first-order valence-electron chi connectivity index (χ1n) is 10.6. The van der Waals surface area contributed by atoms with Gasteiger partial charge in [0.25, 0.3) is 0 Å². The Kier molecular flexibility index (Phi) is 8.21. The van der Waals surface area contributed by atoms with E-state index < -0.39 is 15.8 Å². The van der Waals surface area contributed by atoms with Gasteiger partial charge in [-0.1, -0.05) is 30.5 Å². The molecule has 0 radical (unpaired) electrons. The van der Waals surface area contributed by atoms with Gasteiger partial charge < -0.3 is 15.5 Å². The van der Waals surface area contributed by atoms with Crippen molar-refractivity contribution in [3.8, 4) is 0 Å². The minimum Gasteiger partial charge on any atom is -0.396 e. The van der Waals surface area contributed by atoms with Crippen LogP contribution in [-0.4, -0.2) is 54.0 Å². The van der Waals surface area contributed by atoms with E-state index in [0.717, 1.165) is 37.5 Å². The van der Waals surface area contributed by atoms with Gasteiger partial charge in [0.2, 0.25) is 5.91 Å². The molecule has 32 heavy (non-hydrogen) atoms. The third kappa shape index (κ3) is 6.04. The number of rotatable bonds is 9. The molecule has 1 atom stereocenters. The van der Waals surface area contributed by atoms with E-state index in [1.807, 2.05) is 0 Å². The second-order valence-electron chi connectivity index (χ2n) is 8.25. The quantitative estimate of drug-likeness (QED) is 0.502. The number of aliphatic hydroxyl groups excluding tert-OH is 2. The van der Waals surface area contributed by atoms with Crippen LogP contribution in [0.3, 0.4) is 0 Å². The molecule has 0 spiro atoms. The molecular formula is C22H28ClN3O5S. The Bertz CT molecular complexity index is 1040. The van der Waals surface area contributed by atoms with Gasteiger partial charge in [0.15, 0.2) is 15.7 Å². The average Bonchev–Trinajstić information content (AvgIpc) is 3.27. The molecule has 0 bridgehead atoms. The van der Waals surface area contributed by atoms with Crippen LogP contribution in [0.5, 0.6) is 0 Å². The first-order chi connectivity index (χ1) is 15.2. The molecular weight excluding hydrogens is 454 g/mol. The van der Waals surface area contributed by atoms with Crippen LogP contribution in [0.1, 0.15) is 55.2 Å². The van der Waals surface area contributed by atoms with Gasteiger partial charge in [0.05, 0.1) is 41.2 Å². The third-order valence-electron chi connectivity index (χ3n) is 5.96. The molecule has 1 heterocycles. The van der Waals surface area contributed by atoms with Gasteiger partial charge in [-0.15, -0.1) is 0 Å². The maximum Gasteiger partial charge on any atom is 0.226 e. The summed E-state index contributed by atoms with van der Waals surface area (Å²) in [5, 5.41) is 21.4. The van der Waals surface area contributed by atoms with E-state index in [9.17, 15) is 23.4 Å². The average molecular weight is 482 g/mol. The van der Waals surface area contributed by atoms with Crippen molar-refractivity contribution in [1.82, 2.24) is 9.97 Å². The predicted octanol–water partition coefficient (Wildman–Crippen LogP) is 2.90. The number of halogens is 1. The van der Waals surface area contributed by atoms with Gasteiger partial charge in [0.1, 0.15) is 0 Å². The molecule has 2 aromatic rings. The summed E-state index contributed by atoms with van der Waals surface area (Å²) in [7, 11) is -3.43. The smallest absolute Gasteiger partial charge is 0.226 e. The molecule has 1 unspecified atom stereocenters. The van der Waals surface area contributed by atoms with Crippen LogP contribution in [0.4, 0.5) is 5.82 Å². The third-order valence-corrected chi connectivity index (χ3v) is 7.54. The summed E-state index contributed by atoms with van der Waals surface area (Å²) >= 11 is 6.26. The monoisotopic (exact) mass is 481 g/mol. The number of sulfone groups is 1. The number of carbonyl (C=O) groups is 1. The fourth-order valence-corrected chi connectivity index (χ4v) is 5.55. The van der Waals surface area contributed by atoms with Crippen LogP contribution in [0.15, 0.2) is 35.5 Å². The van der Waals surface area contributed by atoms with Gasteiger partial charge in [0, 0.05) is 18.6 Å². The number of aromatic nitrogens is 2. The first-order valence-corrected chi connectivity index (χ1v) is 12.8. The molecule has 1 aliphatic carbocycles. The molecule has 3 N–H and O–H groups in total. The fraction of sp³-hybridized carbons (Fsp3) is 0.500. The molecule has 174 valence electrons. The zero-order chi connectivity index (χ0) is 23.3. The Labute approximate surface area is 193 Å². The van der Waals surface area contributed by atoms with Crippen molar-refractivity contribution in [3.63, 3.8) is 0 Å². The molecule has 1 amide bonds. The van der Waals surface area contributed by atoms with Crippen molar-refractivity contribution in [3.05, 3.63) is 46.9 Å². The maximum absolute atomic E-state index is 12.8. The highest BCUT2D eigenvalue weighted by Gasteiger charge is 2.29. The lowest BCUT2D eigenvalue weighted by Gasteiger charge is -2.24. The van der Waals surface area contributed by atoms with Crippen LogP contribution in [-0.2, 0) is 14.6 Å². The van der Waals surface area contributed by atoms with Gasteiger partial charge in [-0.25, -0.2) is 13.4 Å². The van der Waals surface area contributed by atoms with Crippen LogP contribution in [0.25, 0.3) is 0 Å². The minimum atomic E-state index is -3.43. The second kappa shape index (κ2) is 10.7. The summed E-state index contributed by atoms with van der Waals surface area (Å²) in [5.74, 6) is -0.246. The van der Waals surface area contributed by atoms with E-state index in [1.165, 1.54) is 18.5 Å². The van der Waals surface area contributed by atoms with Crippen LogP contribution in [0.2, 0.25) is 5.02 Å². The lowest BCUT2D eigenvalue weighted by atomic mass is 9.82. The number of hydrogen-bond donors (Lipinski definition) is 3. The number of amides is 1. The van der Waals surface area contributed by atoms with Gasteiger partial charge in [-0.3, -0.25) is 9.78 Å². The predicted molar refractivity (Wildman–Crippen MR) is 121 cm³/mol. The van der Waals surface area contributed by atoms with E-state index in [4.69, 9.17) is 11.6 Å². The number of hydrogen-bond acceptors (Lipinski definition) is 7. The highest BCUT2D eigenvalue weighted by molar-refractivity contribution is 7.90. The van der Waals surface area contributed by atoms with Crippen molar-refractivity contribution in [2.75, 3.05) is 24.8 Å². The maximum atomic E-state index is 12.8. The largest absolute Gasteiger partial charge is 0.396 e. The molecule has 10 heteroatoms. The molecule has 0 aliphatic heterocycles. The SMILES string of the molecule is CS(=O)(=O)c1ccc(C(CC(=O)Nc2cnc(C(CO)CO)cn2)C2CCCC2)cc1Cl. The summed E-state index contributed by atoms with van der Waals surface area (Å²) in [6.07, 6.45) is 8.34. The Morgan fingerprint density at radius 1 is 1.19 bits per heavy atom. The molecule has 8 nitrogen and oxygen atoms in total. The first kappa shape index (κ1) is 24.6. The lowest BCUT2D eigenvalue weighted by molar-refractivity contribution is -0.116. The van der Waals surface area contributed by atoms with Gasteiger partial charge in [-0.2, -0.15) is 0 Å². The highest BCUT2D eigenvalue weighted by atomic mass is 35.5. The fourth-order valence-electron chi connectivity index (χ4n) is 4.22. The molecule has 1 aromatic carbocycles. The van der Waals surface area contributed by atoms with Gasteiger partial charge in [-0.05, 0) is 42.4 Å². The normalized spacial score (nSPS) is 15.8. The molecule has 0 saturated heterocycles. The number of carbonyl (C=O) groups excluding carboxylic acids is 1. The molecule has 1 aliphatic rings.